The molecule has 0 bridgehead atoms. The van der Waals surface area contributed by atoms with Crippen LogP contribution >= 0.6 is 7.82 Å². The lowest BCUT2D eigenvalue weighted by molar-refractivity contribution is 0.289. The van der Waals surface area contributed by atoms with Crippen molar-refractivity contribution in [2.45, 2.75) is 12.8 Å². The van der Waals surface area contributed by atoms with Gasteiger partial charge < -0.3 is 18.5 Å². The molecule has 4 rings (SSSR count). The zero-order valence-corrected chi connectivity index (χ0v) is 20.5. The summed E-state index contributed by atoms with van der Waals surface area (Å²) in [7, 11) is -1.23. The van der Waals surface area contributed by atoms with E-state index in [1.54, 1.807) is 38.5 Å². The zero-order valence-electron chi connectivity index (χ0n) is 19.6. The Bertz CT molecular complexity index is 1200. The van der Waals surface area contributed by atoms with Gasteiger partial charge in [0.05, 0.1) is 14.2 Å². The van der Waals surface area contributed by atoms with Crippen molar-refractivity contribution in [1.82, 2.24) is 0 Å². The monoisotopic (exact) mass is 490 g/mol. The molecule has 0 aromatic heterocycles. The number of benzene rings is 4. The molecule has 0 saturated carbocycles. The molecule has 1 N–H and O–H groups in total. The van der Waals surface area contributed by atoms with Crippen molar-refractivity contribution >= 4 is 7.82 Å². The summed E-state index contributed by atoms with van der Waals surface area (Å²) in [6.07, 6.45) is 1.04. The van der Waals surface area contributed by atoms with Crippen LogP contribution in [0, 0.1) is 0 Å². The molecule has 0 saturated heterocycles. The lowest BCUT2D eigenvalue weighted by Gasteiger charge is -2.18. The molecule has 0 fully saturated rings. The molecule has 0 amide bonds. The van der Waals surface area contributed by atoms with Crippen LogP contribution in [0.2, 0.25) is 0 Å². The molecule has 0 aliphatic carbocycles. The van der Waals surface area contributed by atoms with Crippen molar-refractivity contribution in [3.63, 3.8) is 0 Å². The van der Waals surface area contributed by atoms with Crippen LogP contribution in [-0.2, 0) is 17.4 Å². The largest absolute Gasteiger partial charge is 0.584 e. The molecule has 0 aliphatic rings. The third-order valence-corrected chi connectivity index (χ3v) is 6.33. The van der Waals surface area contributed by atoms with Crippen molar-refractivity contribution in [2.24, 2.45) is 0 Å². The minimum Gasteiger partial charge on any atom is -0.497 e. The van der Waals surface area contributed by atoms with Gasteiger partial charge in [0.25, 0.3) is 0 Å². The fraction of sp³-hybridized carbons (Fsp3) is 0.143. The fourth-order valence-electron chi connectivity index (χ4n) is 3.67. The van der Waals surface area contributed by atoms with Crippen LogP contribution in [0.15, 0.2) is 97.1 Å². The van der Waals surface area contributed by atoms with Crippen LogP contribution < -0.4 is 18.5 Å². The Morgan fingerprint density at radius 1 is 0.600 bits per heavy atom. The molecular weight excluding hydrogens is 463 g/mol. The van der Waals surface area contributed by atoms with Gasteiger partial charge in [-0.2, -0.15) is 0 Å². The fourth-order valence-corrected chi connectivity index (χ4v) is 4.56. The summed E-state index contributed by atoms with van der Waals surface area (Å²) in [6.45, 7) is 0. The maximum atomic E-state index is 13.0. The highest BCUT2D eigenvalue weighted by Gasteiger charge is 2.27. The van der Waals surface area contributed by atoms with Gasteiger partial charge in [-0.05, 0) is 58.7 Å². The van der Waals surface area contributed by atoms with E-state index in [2.05, 4.69) is 0 Å². The molecule has 0 atom stereocenters. The first-order valence-electron chi connectivity index (χ1n) is 11.1. The number of rotatable bonds is 10. The minimum absolute atomic E-state index is 0.293. The van der Waals surface area contributed by atoms with E-state index in [0.29, 0.717) is 24.3 Å². The number of hydrogen-bond donors (Lipinski definition) is 1. The van der Waals surface area contributed by atoms with Crippen LogP contribution in [0.1, 0.15) is 22.3 Å². The molecule has 7 heteroatoms. The topological polar surface area (TPSA) is 74.2 Å². The van der Waals surface area contributed by atoms with Gasteiger partial charge in [0.2, 0.25) is 0 Å². The second-order valence-electron chi connectivity index (χ2n) is 7.92. The molecule has 0 heterocycles. The molecule has 6 nitrogen and oxygen atoms in total. The van der Waals surface area contributed by atoms with Crippen LogP contribution in [-0.4, -0.2) is 19.1 Å². The average molecular weight is 490 g/mol. The SMILES string of the molecule is COc1ccc(Cc2ccccc2OP(=O)(O)Oc2ccccc2Cc2ccc(OC)cc2)cc1. The molecule has 0 aliphatic heterocycles. The van der Waals surface area contributed by atoms with E-state index in [-0.39, 0.29) is 0 Å². The summed E-state index contributed by atoms with van der Waals surface area (Å²) < 4.78 is 34.5. The number of phosphoric acid groups is 1. The molecule has 0 radical (unpaired) electrons. The average Bonchev–Trinajstić information content (AvgIpc) is 2.87. The highest BCUT2D eigenvalue weighted by molar-refractivity contribution is 7.48. The first-order chi connectivity index (χ1) is 17.0. The molecule has 0 unspecified atom stereocenters. The Labute approximate surface area is 205 Å². The summed E-state index contributed by atoms with van der Waals surface area (Å²) in [5.41, 5.74) is 3.56. The van der Waals surface area contributed by atoms with Crippen molar-refractivity contribution in [1.29, 1.82) is 0 Å². The second kappa shape index (κ2) is 11.1. The van der Waals surface area contributed by atoms with E-state index in [0.717, 1.165) is 33.8 Å². The number of hydrogen-bond acceptors (Lipinski definition) is 5. The molecule has 4 aromatic carbocycles. The van der Waals surface area contributed by atoms with E-state index in [1.807, 2.05) is 72.8 Å². The smallest absolute Gasteiger partial charge is 0.497 e. The predicted octanol–water partition coefficient (Wildman–Crippen LogP) is 6.44. The summed E-state index contributed by atoms with van der Waals surface area (Å²) >= 11 is 0. The maximum Gasteiger partial charge on any atom is 0.584 e. The van der Waals surface area contributed by atoms with E-state index in [9.17, 15) is 9.46 Å². The van der Waals surface area contributed by atoms with Gasteiger partial charge in [-0.15, -0.1) is 0 Å². The quantitative estimate of drug-likeness (QED) is 0.258. The first-order valence-corrected chi connectivity index (χ1v) is 12.6. The first kappa shape index (κ1) is 24.4. The van der Waals surface area contributed by atoms with E-state index >= 15 is 0 Å². The summed E-state index contributed by atoms with van der Waals surface area (Å²) in [5.74, 6) is 2.11. The second-order valence-corrected chi connectivity index (χ2v) is 9.22. The van der Waals surface area contributed by atoms with Gasteiger partial charge in [-0.3, -0.25) is 4.89 Å². The van der Waals surface area contributed by atoms with Crippen molar-refractivity contribution in [3.05, 3.63) is 119 Å². The Balaban J connectivity index is 1.50. The highest BCUT2D eigenvalue weighted by Crippen LogP contribution is 2.46. The van der Waals surface area contributed by atoms with Gasteiger partial charge in [-0.1, -0.05) is 60.7 Å². The number of phosphoric ester groups is 1. The van der Waals surface area contributed by atoms with Gasteiger partial charge in [0.15, 0.2) is 0 Å². The Kier molecular flexibility index (Phi) is 7.76. The van der Waals surface area contributed by atoms with Crippen LogP contribution in [0.3, 0.4) is 0 Å². The molecule has 35 heavy (non-hydrogen) atoms. The molecular formula is C28H27O6P. The van der Waals surface area contributed by atoms with E-state index < -0.39 is 7.82 Å². The predicted molar refractivity (Wildman–Crippen MR) is 136 cm³/mol. The summed E-state index contributed by atoms with van der Waals surface area (Å²) in [5, 5.41) is 0. The summed E-state index contributed by atoms with van der Waals surface area (Å²) in [6, 6.07) is 29.5. The third kappa shape index (κ3) is 6.66. The van der Waals surface area contributed by atoms with Crippen molar-refractivity contribution in [2.75, 3.05) is 14.2 Å². The van der Waals surface area contributed by atoms with Gasteiger partial charge in [-0.25, -0.2) is 4.57 Å². The third-order valence-electron chi connectivity index (χ3n) is 5.48. The molecule has 0 spiro atoms. The normalized spacial score (nSPS) is 11.1. The Morgan fingerprint density at radius 3 is 1.34 bits per heavy atom. The summed E-state index contributed by atoms with van der Waals surface area (Å²) in [4.78, 5) is 10.6. The van der Waals surface area contributed by atoms with Crippen LogP contribution in [0.4, 0.5) is 0 Å². The zero-order chi connectivity index (χ0) is 24.7. The minimum atomic E-state index is -4.47. The Morgan fingerprint density at radius 2 is 0.971 bits per heavy atom. The van der Waals surface area contributed by atoms with E-state index in [1.165, 1.54) is 0 Å². The van der Waals surface area contributed by atoms with Gasteiger partial charge in [0.1, 0.15) is 23.0 Å². The van der Waals surface area contributed by atoms with Gasteiger partial charge >= 0.3 is 7.82 Å². The number of methoxy groups -OCH3 is 2. The number of para-hydroxylation sites is 2. The van der Waals surface area contributed by atoms with E-state index in [4.69, 9.17) is 18.5 Å². The molecule has 4 aromatic rings. The standard InChI is InChI=1S/C28H27O6P/c1-31-25-15-11-21(12-16-25)19-23-7-3-5-9-27(23)33-35(29,30)34-28-10-6-4-8-24(28)20-22-13-17-26(32-2)18-14-22/h3-18H,19-20H2,1-2H3,(H,29,30). The molecule has 180 valence electrons. The van der Waals surface area contributed by atoms with Crippen LogP contribution in [0.25, 0.3) is 0 Å². The Hall–Kier alpha value is -3.73. The highest BCUT2D eigenvalue weighted by atomic mass is 31.2. The van der Waals surface area contributed by atoms with Crippen LogP contribution in [0.5, 0.6) is 23.0 Å². The number of ether oxygens (including phenoxy) is 2. The van der Waals surface area contributed by atoms with Gasteiger partial charge in [0, 0.05) is 12.8 Å². The lowest BCUT2D eigenvalue weighted by atomic mass is 10.0. The maximum absolute atomic E-state index is 13.0. The lowest BCUT2D eigenvalue weighted by Crippen LogP contribution is -2.04. The van der Waals surface area contributed by atoms with Crippen molar-refractivity contribution in [3.8, 4) is 23.0 Å². The van der Waals surface area contributed by atoms with Crippen molar-refractivity contribution < 1.29 is 28.0 Å².